The van der Waals surface area contributed by atoms with Gasteiger partial charge < -0.3 is 10.2 Å². The van der Waals surface area contributed by atoms with Gasteiger partial charge in [-0.1, -0.05) is 6.07 Å². The third-order valence-corrected chi connectivity index (χ3v) is 4.16. The van der Waals surface area contributed by atoms with Crippen molar-refractivity contribution in [3.05, 3.63) is 34.1 Å². The molecule has 1 heterocycles. The predicted molar refractivity (Wildman–Crippen MR) is 76.2 cm³/mol. The number of likely N-dealkylation sites (tertiary alicyclic amines) is 1. The molecule has 1 saturated heterocycles. The van der Waals surface area contributed by atoms with Crippen molar-refractivity contribution in [1.82, 2.24) is 10.2 Å². The van der Waals surface area contributed by atoms with E-state index in [9.17, 15) is 9.18 Å². The molecular weight excluding hydrogens is 311 g/mol. The third-order valence-electron chi connectivity index (χ3n) is 3.52. The maximum absolute atomic E-state index is 13.4. The summed E-state index contributed by atoms with van der Waals surface area (Å²) in [5.41, 5.74) is 0.940. The van der Waals surface area contributed by atoms with Gasteiger partial charge in [-0.25, -0.2) is 4.39 Å². The summed E-state index contributed by atoms with van der Waals surface area (Å²) in [7, 11) is 0. The van der Waals surface area contributed by atoms with E-state index in [1.165, 1.54) is 0 Å². The van der Waals surface area contributed by atoms with E-state index < -0.39 is 0 Å². The highest BCUT2D eigenvalue weighted by molar-refractivity contribution is 9.10. The number of nitrogens with one attached hydrogen (secondary N) is 1. The maximum atomic E-state index is 13.4. The molecule has 1 aromatic rings. The lowest BCUT2D eigenvalue weighted by Gasteiger charge is -2.31. The quantitative estimate of drug-likeness (QED) is 0.925. The summed E-state index contributed by atoms with van der Waals surface area (Å²) < 4.78 is 13.9. The van der Waals surface area contributed by atoms with Crippen molar-refractivity contribution in [2.75, 3.05) is 13.1 Å². The summed E-state index contributed by atoms with van der Waals surface area (Å²) >= 11 is 3.14. The average Bonchev–Trinajstić information content (AvgIpc) is 2.40. The number of carbonyl (C=O) groups excluding carboxylic acids is 1. The Morgan fingerprint density at radius 3 is 2.74 bits per heavy atom. The summed E-state index contributed by atoms with van der Waals surface area (Å²) in [6.07, 6.45) is 1.91. The van der Waals surface area contributed by atoms with Gasteiger partial charge in [-0.2, -0.15) is 0 Å². The number of carbonyl (C=O) groups is 1. The van der Waals surface area contributed by atoms with Crippen molar-refractivity contribution in [2.45, 2.75) is 32.4 Å². The molecule has 1 aliphatic rings. The average molecular weight is 329 g/mol. The topological polar surface area (TPSA) is 32.3 Å². The Balaban J connectivity index is 1.80. The van der Waals surface area contributed by atoms with Crippen LogP contribution in [0.25, 0.3) is 0 Å². The van der Waals surface area contributed by atoms with E-state index in [0.29, 0.717) is 17.1 Å². The lowest BCUT2D eigenvalue weighted by atomic mass is 10.0. The van der Waals surface area contributed by atoms with Gasteiger partial charge in [-0.3, -0.25) is 4.79 Å². The molecule has 1 amide bonds. The van der Waals surface area contributed by atoms with Crippen molar-refractivity contribution in [1.29, 1.82) is 0 Å². The van der Waals surface area contributed by atoms with Gasteiger partial charge in [0.1, 0.15) is 5.82 Å². The van der Waals surface area contributed by atoms with Crippen LogP contribution in [-0.2, 0) is 11.3 Å². The van der Waals surface area contributed by atoms with E-state index in [-0.39, 0.29) is 11.7 Å². The van der Waals surface area contributed by atoms with Crippen molar-refractivity contribution in [3.63, 3.8) is 0 Å². The molecule has 0 spiro atoms. The molecule has 1 N–H and O–H groups in total. The number of amides is 1. The molecule has 0 unspecified atom stereocenters. The summed E-state index contributed by atoms with van der Waals surface area (Å²) in [6.45, 7) is 3.89. The fourth-order valence-electron chi connectivity index (χ4n) is 2.31. The largest absolute Gasteiger partial charge is 0.343 e. The number of halogens is 2. The highest BCUT2D eigenvalue weighted by Gasteiger charge is 2.20. The molecule has 19 heavy (non-hydrogen) atoms. The zero-order chi connectivity index (χ0) is 13.8. The summed E-state index contributed by atoms with van der Waals surface area (Å²) in [5.74, 6) is -0.0841. The zero-order valence-electron chi connectivity index (χ0n) is 11.0. The fourth-order valence-corrected chi connectivity index (χ4v) is 2.56. The monoisotopic (exact) mass is 328 g/mol. The standard InChI is InChI=1S/C14H18BrFN2O/c1-10(19)18-6-4-12(5-7-18)17-9-11-2-3-13(15)14(16)8-11/h2-3,8,12,17H,4-7,9H2,1H3. The van der Waals surface area contributed by atoms with E-state index in [0.717, 1.165) is 31.5 Å². The Kier molecular flexibility index (Phi) is 4.93. The molecule has 0 saturated carbocycles. The van der Waals surface area contributed by atoms with Crippen LogP contribution in [0, 0.1) is 5.82 Å². The molecule has 5 heteroatoms. The molecule has 0 atom stereocenters. The second-order valence-electron chi connectivity index (χ2n) is 4.91. The molecule has 0 aliphatic carbocycles. The van der Waals surface area contributed by atoms with Gasteiger partial charge in [0.25, 0.3) is 0 Å². The lowest BCUT2D eigenvalue weighted by Crippen LogP contribution is -2.43. The van der Waals surface area contributed by atoms with Crippen molar-refractivity contribution in [3.8, 4) is 0 Å². The first-order valence-electron chi connectivity index (χ1n) is 6.49. The van der Waals surface area contributed by atoms with Crippen LogP contribution in [0.15, 0.2) is 22.7 Å². The minimum atomic E-state index is -0.231. The fraction of sp³-hybridized carbons (Fsp3) is 0.500. The van der Waals surface area contributed by atoms with Gasteiger partial charge in [-0.05, 0) is 46.5 Å². The van der Waals surface area contributed by atoms with Crippen molar-refractivity contribution >= 4 is 21.8 Å². The van der Waals surface area contributed by atoms with Crippen LogP contribution in [0.3, 0.4) is 0 Å². The van der Waals surface area contributed by atoms with Crippen LogP contribution in [0.5, 0.6) is 0 Å². The maximum Gasteiger partial charge on any atom is 0.219 e. The van der Waals surface area contributed by atoms with Gasteiger partial charge in [0, 0.05) is 32.6 Å². The Hall–Kier alpha value is -0.940. The SMILES string of the molecule is CC(=O)N1CCC(NCc2ccc(Br)c(F)c2)CC1. The number of rotatable bonds is 3. The van der Waals surface area contributed by atoms with E-state index in [4.69, 9.17) is 0 Å². The van der Waals surface area contributed by atoms with Gasteiger partial charge in [-0.15, -0.1) is 0 Å². The van der Waals surface area contributed by atoms with Crippen LogP contribution in [0.4, 0.5) is 4.39 Å². The molecule has 0 radical (unpaired) electrons. The Morgan fingerprint density at radius 2 is 2.16 bits per heavy atom. The number of hydrogen-bond donors (Lipinski definition) is 1. The molecule has 1 aliphatic heterocycles. The molecule has 0 bridgehead atoms. The number of piperidine rings is 1. The Morgan fingerprint density at radius 1 is 1.47 bits per heavy atom. The Labute approximate surface area is 121 Å². The molecule has 2 rings (SSSR count). The first-order valence-corrected chi connectivity index (χ1v) is 7.28. The van der Waals surface area contributed by atoms with Crippen molar-refractivity contribution in [2.24, 2.45) is 0 Å². The highest BCUT2D eigenvalue weighted by Crippen LogP contribution is 2.17. The van der Waals surface area contributed by atoms with Crippen LogP contribution >= 0.6 is 15.9 Å². The van der Waals surface area contributed by atoms with Gasteiger partial charge >= 0.3 is 0 Å². The summed E-state index contributed by atoms with van der Waals surface area (Å²) in [6, 6.07) is 5.58. The zero-order valence-corrected chi connectivity index (χ0v) is 12.5. The Bertz CT molecular complexity index is 459. The van der Waals surface area contributed by atoms with Crippen LogP contribution in [-0.4, -0.2) is 29.9 Å². The molecule has 3 nitrogen and oxygen atoms in total. The van der Waals surface area contributed by atoms with Crippen LogP contribution < -0.4 is 5.32 Å². The number of hydrogen-bond acceptors (Lipinski definition) is 2. The second kappa shape index (κ2) is 6.48. The second-order valence-corrected chi connectivity index (χ2v) is 5.76. The minimum absolute atomic E-state index is 0.147. The molecular formula is C14H18BrFN2O. The normalized spacial score (nSPS) is 16.7. The summed E-state index contributed by atoms with van der Waals surface area (Å²) in [5, 5.41) is 3.42. The number of benzene rings is 1. The minimum Gasteiger partial charge on any atom is -0.343 e. The molecule has 0 aromatic heterocycles. The van der Waals surface area contributed by atoms with Crippen LogP contribution in [0.1, 0.15) is 25.3 Å². The lowest BCUT2D eigenvalue weighted by molar-refractivity contribution is -0.129. The van der Waals surface area contributed by atoms with E-state index in [1.807, 2.05) is 11.0 Å². The van der Waals surface area contributed by atoms with E-state index in [1.54, 1.807) is 19.1 Å². The number of nitrogens with zero attached hydrogens (tertiary/aromatic N) is 1. The third kappa shape index (κ3) is 4.01. The van der Waals surface area contributed by atoms with Crippen LogP contribution in [0.2, 0.25) is 0 Å². The van der Waals surface area contributed by atoms with Gasteiger partial charge in [0.15, 0.2) is 0 Å². The van der Waals surface area contributed by atoms with Gasteiger partial charge in [0.05, 0.1) is 4.47 Å². The summed E-state index contributed by atoms with van der Waals surface area (Å²) in [4.78, 5) is 13.1. The first kappa shape index (κ1) is 14.5. The van der Waals surface area contributed by atoms with E-state index >= 15 is 0 Å². The molecule has 1 aromatic carbocycles. The molecule has 1 fully saturated rings. The smallest absolute Gasteiger partial charge is 0.219 e. The highest BCUT2D eigenvalue weighted by atomic mass is 79.9. The molecule has 104 valence electrons. The predicted octanol–water partition coefficient (Wildman–Crippen LogP) is 2.69. The first-order chi connectivity index (χ1) is 9.06. The van der Waals surface area contributed by atoms with Crippen molar-refractivity contribution < 1.29 is 9.18 Å². The van der Waals surface area contributed by atoms with E-state index in [2.05, 4.69) is 21.2 Å². The van der Waals surface area contributed by atoms with Gasteiger partial charge in [0.2, 0.25) is 5.91 Å².